The van der Waals surface area contributed by atoms with E-state index in [4.69, 9.17) is 0 Å². The summed E-state index contributed by atoms with van der Waals surface area (Å²) in [5.41, 5.74) is 4.13. The highest BCUT2D eigenvalue weighted by Crippen LogP contribution is 2.35. The molecule has 0 saturated heterocycles. The van der Waals surface area contributed by atoms with Crippen molar-refractivity contribution in [2.75, 3.05) is 5.32 Å². The standard InChI is InChI=1S/C22H18N6O2S/c1-12-18(7-14(8-23-12)13(2)29)26-21(30)17-10-25-28-11-20(31-22(17)28)15-5-4-6-19-16(15)9-24-27(19)3/h4-11H,1-3H3,(H,26,30). The number of Topliss-reactive ketones (excluding diaryl/α,β-unsaturated/α-hetero) is 1. The predicted molar refractivity (Wildman–Crippen MR) is 120 cm³/mol. The molecule has 0 saturated carbocycles. The highest BCUT2D eigenvalue weighted by Gasteiger charge is 2.19. The number of fused-ring (bicyclic) bond motifs is 2. The summed E-state index contributed by atoms with van der Waals surface area (Å²) in [6.45, 7) is 3.25. The van der Waals surface area contributed by atoms with E-state index >= 15 is 0 Å². The fraction of sp³-hybridized carbons (Fsp3) is 0.136. The van der Waals surface area contributed by atoms with Crippen LogP contribution in [0.3, 0.4) is 0 Å². The van der Waals surface area contributed by atoms with E-state index in [1.54, 1.807) is 23.7 Å². The molecule has 0 aliphatic heterocycles. The van der Waals surface area contributed by atoms with Gasteiger partial charge < -0.3 is 5.32 Å². The van der Waals surface area contributed by atoms with Crippen LogP contribution in [0.5, 0.6) is 0 Å². The second kappa shape index (κ2) is 7.13. The summed E-state index contributed by atoms with van der Waals surface area (Å²) in [6.07, 6.45) is 6.82. The van der Waals surface area contributed by atoms with E-state index in [0.717, 1.165) is 26.2 Å². The summed E-state index contributed by atoms with van der Waals surface area (Å²) < 4.78 is 3.54. The average molecular weight is 430 g/mol. The molecule has 4 aromatic heterocycles. The third-order valence-electron chi connectivity index (χ3n) is 5.24. The molecule has 154 valence electrons. The van der Waals surface area contributed by atoms with Gasteiger partial charge >= 0.3 is 0 Å². The fourth-order valence-electron chi connectivity index (χ4n) is 3.50. The lowest BCUT2D eigenvalue weighted by Crippen LogP contribution is -2.13. The molecule has 8 nitrogen and oxygen atoms in total. The van der Waals surface area contributed by atoms with Crippen molar-refractivity contribution in [3.05, 3.63) is 65.9 Å². The number of rotatable bonds is 4. The predicted octanol–water partition coefficient (Wildman–Crippen LogP) is 4.11. The number of thiazole rings is 1. The second-order valence-corrected chi connectivity index (χ2v) is 8.31. The number of aryl methyl sites for hydroxylation is 2. The molecule has 9 heteroatoms. The van der Waals surface area contributed by atoms with Crippen molar-refractivity contribution in [3.8, 4) is 10.4 Å². The lowest BCUT2D eigenvalue weighted by atomic mass is 10.1. The number of anilines is 1. The fourth-order valence-corrected chi connectivity index (χ4v) is 4.60. The van der Waals surface area contributed by atoms with Crippen molar-refractivity contribution in [1.29, 1.82) is 0 Å². The maximum Gasteiger partial charge on any atom is 0.260 e. The van der Waals surface area contributed by atoms with Crippen LogP contribution in [0.25, 0.3) is 26.2 Å². The molecule has 0 unspecified atom stereocenters. The van der Waals surface area contributed by atoms with E-state index in [-0.39, 0.29) is 11.7 Å². The molecule has 0 bridgehead atoms. The van der Waals surface area contributed by atoms with Crippen molar-refractivity contribution < 1.29 is 9.59 Å². The molecule has 0 spiro atoms. The molecule has 1 N–H and O–H groups in total. The van der Waals surface area contributed by atoms with Gasteiger partial charge in [0.2, 0.25) is 0 Å². The van der Waals surface area contributed by atoms with Gasteiger partial charge in [-0.3, -0.25) is 19.3 Å². The Bertz CT molecular complexity index is 1490. The average Bonchev–Trinajstić information content (AvgIpc) is 3.43. The van der Waals surface area contributed by atoms with E-state index in [2.05, 4.69) is 20.5 Å². The summed E-state index contributed by atoms with van der Waals surface area (Å²) in [7, 11) is 1.91. The smallest absolute Gasteiger partial charge is 0.260 e. The molecule has 4 heterocycles. The number of carbonyl (C=O) groups is 2. The second-order valence-electron chi connectivity index (χ2n) is 7.28. The summed E-state index contributed by atoms with van der Waals surface area (Å²) >= 11 is 1.49. The molecule has 0 fully saturated rings. The number of amides is 1. The van der Waals surface area contributed by atoms with Gasteiger partial charge in [-0.1, -0.05) is 12.1 Å². The van der Waals surface area contributed by atoms with Crippen LogP contribution in [-0.4, -0.2) is 36.1 Å². The molecule has 5 rings (SSSR count). The number of nitrogens with zero attached hydrogens (tertiary/aromatic N) is 5. The highest BCUT2D eigenvalue weighted by atomic mass is 32.1. The molecular weight excluding hydrogens is 412 g/mol. The van der Waals surface area contributed by atoms with Gasteiger partial charge in [-0.05, 0) is 26.0 Å². The first-order chi connectivity index (χ1) is 14.9. The molecule has 0 aliphatic rings. The van der Waals surface area contributed by atoms with Gasteiger partial charge in [-0.15, -0.1) is 11.3 Å². The van der Waals surface area contributed by atoms with E-state index < -0.39 is 0 Å². The lowest BCUT2D eigenvalue weighted by Gasteiger charge is -2.08. The third kappa shape index (κ3) is 3.19. The number of aromatic nitrogens is 5. The Hall–Kier alpha value is -3.85. The van der Waals surface area contributed by atoms with Crippen molar-refractivity contribution in [1.82, 2.24) is 24.4 Å². The Labute approximate surface area is 181 Å². The molecule has 1 aromatic carbocycles. The number of carbonyl (C=O) groups excluding carboxylic acids is 2. The maximum absolute atomic E-state index is 13.0. The number of ketones is 1. The minimum absolute atomic E-state index is 0.108. The van der Waals surface area contributed by atoms with Gasteiger partial charge in [-0.25, -0.2) is 4.52 Å². The van der Waals surface area contributed by atoms with Crippen LogP contribution in [0.2, 0.25) is 0 Å². The molecule has 0 atom stereocenters. The van der Waals surface area contributed by atoms with Crippen LogP contribution in [0.1, 0.15) is 33.3 Å². The molecule has 5 aromatic rings. The maximum atomic E-state index is 13.0. The largest absolute Gasteiger partial charge is 0.320 e. The Morgan fingerprint density at radius 2 is 1.97 bits per heavy atom. The Morgan fingerprint density at radius 3 is 2.77 bits per heavy atom. The van der Waals surface area contributed by atoms with Crippen LogP contribution in [-0.2, 0) is 7.05 Å². The van der Waals surface area contributed by atoms with Crippen LogP contribution in [0, 0.1) is 6.92 Å². The van der Waals surface area contributed by atoms with Crippen molar-refractivity contribution in [3.63, 3.8) is 0 Å². The van der Waals surface area contributed by atoms with Crippen LogP contribution < -0.4 is 5.32 Å². The first-order valence-electron chi connectivity index (χ1n) is 9.59. The number of hydrogen-bond donors (Lipinski definition) is 1. The number of benzene rings is 1. The number of nitrogens with one attached hydrogen (secondary N) is 1. The quantitative estimate of drug-likeness (QED) is 0.433. The summed E-state index contributed by atoms with van der Waals surface area (Å²) in [4.78, 5) is 30.6. The van der Waals surface area contributed by atoms with Crippen molar-refractivity contribution in [2.45, 2.75) is 13.8 Å². The topological polar surface area (TPSA) is 94.2 Å². The Morgan fingerprint density at radius 1 is 1.13 bits per heavy atom. The van der Waals surface area contributed by atoms with Gasteiger partial charge in [0.15, 0.2) is 5.78 Å². The number of pyridine rings is 1. The zero-order chi connectivity index (χ0) is 21.7. The van der Waals surface area contributed by atoms with E-state index in [1.807, 2.05) is 42.3 Å². The summed E-state index contributed by atoms with van der Waals surface area (Å²) in [5.74, 6) is -0.406. The third-order valence-corrected chi connectivity index (χ3v) is 6.38. The van der Waals surface area contributed by atoms with Gasteiger partial charge in [0, 0.05) is 36.0 Å². The molecule has 1 amide bonds. The first-order valence-corrected chi connectivity index (χ1v) is 10.4. The van der Waals surface area contributed by atoms with Crippen molar-refractivity contribution >= 4 is 44.4 Å². The van der Waals surface area contributed by atoms with Crippen LogP contribution in [0.4, 0.5) is 5.69 Å². The molecule has 0 aliphatic carbocycles. The lowest BCUT2D eigenvalue weighted by molar-refractivity contribution is 0.101. The van der Waals surface area contributed by atoms with E-state index in [9.17, 15) is 9.59 Å². The molecule has 31 heavy (non-hydrogen) atoms. The SMILES string of the molecule is CC(=O)c1cnc(C)c(NC(=O)c2cnn3cc(-c4cccc5c4cnn5C)sc23)c1. The monoisotopic (exact) mass is 430 g/mol. The molecular formula is C22H18N6O2S. The van der Waals surface area contributed by atoms with Crippen molar-refractivity contribution in [2.24, 2.45) is 7.05 Å². The Kier molecular flexibility index (Phi) is 4.40. The van der Waals surface area contributed by atoms with Crippen LogP contribution in [0.15, 0.2) is 49.1 Å². The zero-order valence-corrected chi connectivity index (χ0v) is 17.9. The van der Waals surface area contributed by atoms with Gasteiger partial charge in [-0.2, -0.15) is 10.2 Å². The van der Waals surface area contributed by atoms with E-state index in [0.29, 0.717) is 22.5 Å². The highest BCUT2D eigenvalue weighted by molar-refractivity contribution is 7.21. The zero-order valence-electron chi connectivity index (χ0n) is 17.1. The minimum Gasteiger partial charge on any atom is -0.320 e. The first kappa shape index (κ1) is 19.1. The van der Waals surface area contributed by atoms with Gasteiger partial charge in [0.1, 0.15) is 4.83 Å². The number of hydrogen-bond acceptors (Lipinski definition) is 6. The Balaban J connectivity index is 1.52. The van der Waals surface area contributed by atoms with Crippen LogP contribution >= 0.6 is 11.3 Å². The summed E-state index contributed by atoms with van der Waals surface area (Å²) in [6, 6.07) is 7.70. The summed E-state index contributed by atoms with van der Waals surface area (Å²) in [5, 5.41) is 12.6. The van der Waals surface area contributed by atoms with E-state index in [1.165, 1.54) is 24.5 Å². The molecule has 0 radical (unpaired) electrons. The normalized spacial score (nSPS) is 11.3. The van der Waals surface area contributed by atoms with Gasteiger partial charge in [0.25, 0.3) is 5.91 Å². The van der Waals surface area contributed by atoms with Gasteiger partial charge in [0.05, 0.1) is 39.7 Å². The minimum atomic E-state index is -0.298.